The minimum atomic E-state index is -4.29. The summed E-state index contributed by atoms with van der Waals surface area (Å²) >= 11 is 0. The first-order chi connectivity index (χ1) is 24.4. The highest BCUT2D eigenvalue weighted by Gasteiger charge is 2.25. The van der Waals surface area contributed by atoms with E-state index in [1.165, 1.54) is 122 Å². The largest absolute Gasteiger partial charge is 0.498 e. The standard InChI is InChI=1S/C41H78NO7P/c1-3-5-7-9-11-13-15-17-19-21-23-25-27-29-31-33-36-46-38-40(39-48-50(44,45)47-37-35-42)49-41(43)34-32-30-28-26-24-22-20-18-16-14-12-10-8-6-4-2/h13,15,18,20,33,36,40H,3-12,14,16-17,19,21-32,34-35,37-39,42H2,1-2H3,(H,44,45)/t40-/m1/s1. The second-order valence-corrected chi connectivity index (χ2v) is 15.0. The van der Waals surface area contributed by atoms with Crippen LogP contribution in [0.4, 0.5) is 0 Å². The second kappa shape index (κ2) is 38.8. The van der Waals surface area contributed by atoms with Crippen molar-refractivity contribution < 1.29 is 32.8 Å². The maximum Gasteiger partial charge on any atom is 0.472 e. The van der Waals surface area contributed by atoms with Gasteiger partial charge in [-0.25, -0.2) is 4.57 Å². The Labute approximate surface area is 308 Å². The maximum atomic E-state index is 12.5. The third-order valence-corrected chi connectivity index (χ3v) is 9.58. The molecule has 0 aromatic heterocycles. The molecule has 8 nitrogen and oxygen atoms in total. The van der Waals surface area contributed by atoms with E-state index in [1.807, 2.05) is 6.08 Å². The molecule has 3 N–H and O–H groups in total. The van der Waals surface area contributed by atoms with E-state index in [0.29, 0.717) is 6.42 Å². The Morgan fingerprint density at radius 2 is 1.02 bits per heavy atom. The Morgan fingerprint density at radius 3 is 1.50 bits per heavy atom. The van der Waals surface area contributed by atoms with E-state index < -0.39 is 13.9 Å². The molecule has 294 valence electrons. The molecule has 0 aliphatic rings. The van der Waals surface area contributed by atoms with Crippen LogP contribution in [0.25, 0.3) is 0 Å². The van der Waals surface area contributed by atoms with Crippen LogP contribution in [0, 0.1) is 0 Å². The summed E-state index contributed by atoms with van der Waals surface area (Å²) in [7, 11) is -4.29. The Kier molecular flexibility index (Phi) is 37.7. The van der Waals surface area contributed by atoms with Gasteiger partial charge in [0.25, 0.3) is 0 Å². The molecular weight excluding hydrogens is 649 g/mol. The summed E-state index contributed by atoms with van der Waals surface area (Å²) < 4.78 is 33.1. The number of nitrogens with two attached hydrogens (primary N) is 1. The van der Waals surface area contributed by atoms with Crippen LogP contribution in [0.1, 0.15) is 187 Å². The molecule has 0 aliphatic heterocycles. The third kappa shape index (κ3) is 37.8. The van der Waals surface area contributed by atoms with Gasteiger partial charge in [-0.15, -0.1) is 0 Å². The van der Waals surface area contributed by atoms with Crippen LogP contribution < -0.4 is 5.73 Å². The number of ether oxygens (including phenoxy) is 2. The van der Waals surface area contributed by atoms with Gasteiger partial charge in [-0.1, -0.05) is 134 Å². The topological polar surface area (TPSA) is 117 Å². The van der Waals surface area contributed by atoms with Crippen molar-refractivity contribution in [2.45, 2.75) is 193 Å². The number of carbonyl (C=O) groups excluding carboxylic acids is 1. The third-order valence-electron chi connectivity index (χ3n) is 8.59. The van der Waals surface area contributed by atoms with E-state index >= 15 is 0 Å². The van der Waals surface area contributed by atoms with Gasteiger partial charge in [-0.05, 0) is 76.7 Å². The van der Waals surface area contributed by atoms with E-state index in [9.17, 15) is 14.3 Å². The molecule has 0 fully saturated rings. The van der Waals surface area contributed by atoms with Crippen molar-refractivity contribution in [2.75, 3.05) is 26.4 Å². The number of allylic oxidation sites excluding steroid dienone is 5. The zero-order valence-corrected chi connectivity index (χ0v) is 33.3. The highest BCUT2D eigenvalue weighted by molar-refractivity contribution is 7.47. The fourth-order valence-corrected chi connectivity index (χ4v) is 6.30. The minimum Gasteiger partial charge on any atom is -0.498 e. The molecule has 0 heterocycles. The van der Waals surface area contributed by atoms with Crippen LogP contribution in [-0.4, -0.2) is 43.3 Å². The summed E-state index contributed by atoms with van der Waals surface area (Å²) in [6.07, 6.45) is 43.9. The highest BCUT2D eigenvalue weighted by Crippen LogP contribution is 2.43. The van der Waals surface area contributed by atoms with Crippen molar-refractivity contribution in [3.63, 3.8) is 0 Å². The quantitative estimate of drug-likeness (QED) is 0.0211. The number of hydrogen-bond donors (Lipinski definition) is 2. The number of unbranched alkanes of at least 4 members (excludes halogenated alkanes) is 22. The number of phosphoric ester groups is 1. The molecule has 0 saturated carbocycles. The van der Waals surface area contributed by atoms with Crippen LogP contribution in [0.2, 0.25) is 0 Å². The second-order valence-electron chi connectivity index (χ2n) is 13.6. The molecular formula is C41H78NO7P. The predicted molar refractivity (Wildman–Crippen MR) is 210 cm³/mol. The molecule has 0 radical (unpaired) electrons. The van der Waals surface area contributed by atoms with Gasteiger partial charge in [0.2, 0.25) is 0 Å². The fourth-order valence-electron chi connectivity index (χ4n) is 5.54. The average molecular weight is 728 g/mol. The summed E-state index contributed by atoms with van der Waals surface area (Å²) in [6.45, 7) is 4.21. The minimum absolute atomic E-state index is 0.0265. The van der Waals surface area contributed by atoms with Crippen molar-refractivity contribution in [1.29, 1.82) is 0 Å². The molecule has 0 amide bonds. The summed E-state index contributed by atoms with van der Waals surface area (Å²) in [5.41, 5.74) is 5.35. The number of carbonyl (C=O) groups is 1. The lowest BCUT2D eigenvalue weighted by molar-refractivity contribution is -0.153. The first-order valence-electron chi connectivity index (χ1n) is 20.5. The lowest BCUT2D eigenvalue weighted by atomic mass is 10.1. The maximum absolute atomic E-state index is 12.5. The SMILES string of the molecule is CCCCCCC=CCCCCCCCCC=COC[C@H](COP(=O)(O)OCCN)OC(=O)CCCCCCCC=CCCCCCCCC. The zero-order valence-electron chi connectivity index (χ0n) is 32.4. The molecule has 0 spiro atoms. The fraction of sp³-hybridized carbons (Fsp3) is 0.829. The van der Waals surface area contributed by atoms with Crippen molar-refractivity contribution in [1.82, 2.24) is 0 Å². The summed E-state index contributed by atoms with van der Waals surface area (Å²) in [5, 5.41) is 0. The normalized spacial score (nSPS) is 13.8. The molecule has 0 bridgehead atoms. The zero-order chi connectivity index (χ0) is 36.6. The van der Waals surface area contributed by atoms with Crippen LogP contribution >= 0.6 is 7.82 Å². The van der Waals surface area contributed by atoms with Gasteiger partial charge >= 0.3 is 13.8 Å². The van der Waals surface area contributed by atoms with Crippen LogP contribution in [0.5, 0.6) is 0 Å². The van der Waals surface area contributed by atoms with Crippen LogP contribution in [0.3, 0.4) is 0 Å². The molecule has 2 atom stereocenters. The Balaban J connectivity index is 4.13. The number of esters is 1. The van der Waals surface area contributed by atoms with Gasteiger partial charge in [0.1, 0.15) is 6.61 Å². The molecule has 0 saturated heterocycles. The first-order valence-corrected chi connectivity index (χ1v) is 22.0. The molecule has 0 rings (SSSR count). The van der Waals surface area contributed by atoms with Gasteiger partial charge in [0.15, 0.2) is 6.10 Å². The van der Waals surface area contributed by atoms with Crippen molar-refractivity contribution in [3.8, 4) is 0 Å². The molecule has 50 heavy (non-hydrogen) atoms. The van der Waals surface area contributed by atoms with E-state index in [-0.39, 0.29) is 32.3 Å². The van der Waals surface area contributed by atoms with Crippen molar-refractivity contribution in [2.24, 2.45) is 5.73 Å². The van der Waals surface area contributed by atoms with E-state index in [1.54, 1.807) is 6.26 Å². The smallest absolute Gasteiger partial charge is 0.472 e. The highest BCUT2D eigenvalue weighted by atomic mass is 31.2. The van der Waals surface area contributed by atoms with Gasteiger partial charge < -0.3 is 20.1 Å². The van der Waals surface area contributed by atoms with Gasteiger partial charge in [0, 0.05) is 13.0 Å². The molecule has 9 heteroatoms. The Hall–Kier alpha value is -1.44. The molecule has 0 aromatic carbocycles. The van der Waals surface area contributed by atoms with E-state index in [2.05, 4.69) is 38.2 Å². The van der Waals surface area contributed by atoms with Crippen molar-refractivity contribution in [3.05, 3.63) is 36.6 Å². The molecule has 1 unspecified atom stereocenters. The Bertz CT molecular complexity index is 864. The molecule has 0 aromatic rings. The summed E-state index contributed by atoms with van der Waals surface area (Å²) in [5.74, 6) is -0.363. The number of hydrogen-bond acceptors (Lipinski definition) is 7. The summed E-state index contributed by atoms with van der Waals surface area (Å²) in [6, 6.07) is 0. The van der Waals surface area contributed by atoms with E-state index in [0.717, 1.165) is 44.9 Å². The van der Waals surface area contributed by atoms with Gasteiger partial charge in [-0.3, -0.25) is 13.8 Å². The lowest BCUT2D eigenvalue weighted by Gasteiger charge is -2.19. The van der Waals surface area contributed by atoms with Gasteiger partial charge in [0.05, 0.1) is 19.5 Å². The lowest BCUT2D eigenvalue weighted by Crippen LogP contribution is -2.27. The first kappa shape index (κ1) is 48.6. The monoisotopic (exact) mass is 728 g/mol. The molecule has 0 aliphatic carbocycles. The number of rotatable bonds is 39. The summed E-state index contributed by atoms with van der Waals surface area (Å²) in [4.78, 5) is 22.4. The Morgan fingerprint density at radius 1 is 0.600 bits per heavy atom. The number of phosphoric acid groups is 1. The van der Waals surface area contributed by atoms with Crippen LogP contribution in [-0.2, 0) is 27.9 Å². The van der Waals surface area contributed by atoms with Crippen molar-refractivity contribution >= 4 is 13.8 Å². The van der Waals surface area contributed by atoms with Gasteiger partial charge in [-0.2, -0.15) is 0 Å². The van der Waals surface area contributed by atoms with Crippen LogP contribution in [0.15, 0.2) is 36.6 Å². The average Bonchev–Trinajstić information content (AvgIpc) is 3.10. The predicted octanol–water partition coefficient (Wildman–Crippen LogP) is 12.2. The van der Waals surface area contributed by atoms with E-state index in [4.69, 9.17) is 24.3 Å².